The highest BCUT2D eigenvalue weighted by molar-refractivity contribution is 5.65. The number of ether oxygens (including phenoxy) is 12. The van der Waals surface area contributed by atoms with Crippen molar-refractivity contribution in [3.63, 3.8) is 0 Å². The average molecular weight is 618 g/mol. The van der Waals surface area contributed by atoms with Gasteiger partial charge in [-0.15, -0.1) is 0 Å². The van der Waals surface area contributed by atoms with E-state index < -0.39 is 30.7 Å². The van der Waals surface area contributed by atoms with E-state index in [0.717, 1.165) is 0 Å². The molecule has 0 aliphatic heterocycles. The van der Waals surface area contributed by atoms with Crippen molar-refractivity contribution in [1.29, 1.82) is 0 Å². The molecule has 42 heavy (non-hydrogen) atoms. The van der Waals surface area contributed by atoms with Gasteiger partial charge < -0.3 is 56.8 Å². The molecule has 16 heteroatoms. The van der Waals surface area contributed by atoms with Crippen molar-refractivity contribution in [2.24, 2.45) is 5.41 Å². The lowest BCUT2D eigenvalue weighted by Crippen LogP contribution is -2.43. The standard InChI is InChI=1S/C26H46O16/c1-25(30)42-17-16-34-5-12-38-21-26(18-35-9-2-31-6-13-39-22-27,19-36-10-3-32-7-14-40-23-28)20-37-11-4-33-8-15-41-24-29/h22-24H,2-21H2,1H3/i22D,23D,24D. The van der Waals surface area contributed by atoms with E-state index in [-0.39, 0.29) is 132 Å². The van der Waals surface area contributed by atoms with Gasteiger partial charge in [0.25, 0.3) is 19.3 Å². The molecule has 0 heterocycles. The maximum Gasteiger partial charge on any atom is 0.302 e. The minimum Gasteiger partial charge on any atom is -0.465 e. The molecule has 0 rings (SSSR count). The fourth-order valence-corrected chi connectivity index (χ4v) is 2.96. The first-order valence-corrected chi connectivity index (χ1v) is 13.3. The molecule has 0 unspecified atom stereocenters. The monoisotopic (exact) mass is 617 g/mol. The van der Waals surface area contributed by atoms with Crippen molar-refractivity contribution >= 4 is 25.3 Å². The van der Waals surface area contributed by atoms with Crippen LogP contribution >= 0.6 is 0 Å². The number of hydrogen-bond acceptors (Lipinski definition) is 16. The number of carbonyl (C=O) groups is 4. The fraction of sp³-hybridized carbons (Fsp3) is 0.846. The Balaban J connectivity index is 4.95. The first-order valence-electron chi connectivity index (χ1n) is 14.8. The van der Waals surface area contributed by atoms with Gasteiger partial charge in [-0.1, -0.05) is 0 Å². The topological polar surface area (TPSA) is 179 Å². The second-order valence-electron chi connectivity index (χ2n) is 8.30. The van der Waals surface area contributed by atoms with E-state index in [1.54, 1.807) is 0 Å². The third-order valence-electron chi connectivity index (χ3n) is 4.82. The van der Waals surface area contributed by atoms with E-state index in [4.69, 9.17) is 46.7 Å². The normalized spacial score (nSPS) is 12.2. The second-order valence-corrected chi connectivity index (χ2v) is 8.30. The lowest BCUT2D eigenvalue weighted by molar-refractivity contribution is -0.143. The van der Waals surface area contributed by atoms with Crippen LogP contribution in [0, 0.1) is 5.41 Å². The number of hydrogen-bond donors (Lipinski definition) is 0. The summed E-state index contributed by atoms with van der Waals surface area (Å²) in [6.45, 7) is 3.94. The zero-order valence-corrected chi connectivity index (χ0v) is 24.2. The van der Waals surface area contributed by atoms with Gasteiger partial charge >= 0.3 is 5.97 Å². The van der Waals surface area contributed by atoms with Crippen LogP contribution in [0.3, 0.4) is 0 Å². The maximum atomic E-state index is 10.8. The third kappa shape index (κ3) is 27.7. The highest BCUT2D eigenvalue weighted by atomic mass is 16.6. The summed E-state index contributed by atoms with van der Waals surface area (Å²) in [5.74, 6) is -0.398. The van der Waals surface area contributed by atoms with E-state index in [0.29, 0.717) is 0 Å². The minimum atomic E-state index is -1.14. The van der Waals surface area contributed by atoms with Gasteiger partial charge in [0, 0.05) is 6.92 Å². The highest BCUT2D eigenvalue weighted by Crippen LogP contribution is 2.21. The van der Waals surface area contributed by atoms with Crippen LogP contribution in [0.25, 0.3) is 0 Å². The third-order valence-corrected chi connectivity index (χ3v) is 4.82. The number of esters is 1. The van der Waals surface area contributed by atoms with Gasteiger partial charge in [0.2, 0.25) is 0 Å². The van der Waals surface area contributed by atoms with E-state index in [9.17, 15) is 19.2 Å². The Morgan fingerprint density at radius 2 is 0.738 bits per heavy atom. The Morgan fingerprint density at radius 3 is 1.02 bits per heavy atom. The molecule has 0 N–H and O–H groups in total. The number of rotatable bonds is 32. The van der Waals surface area contributed by atoms with Crippen molar-refractivity contribution < 1.29 is 80.1 Å². The van der Waals surface area contributed by atoms with Gasteiger partial charge in [-0.25, -0.2) is 0 Å². The van der Waals surface area contributed by atoms with Gasteiger partial charge in [0.1, 0.15) is 26.4 Å². The Hall–Kier alpha value is -2.44. The summed E-state index contributed by atoms with van der Waals surface area (Å²) in [7, 11) is 0. The molecule has 246 valence electrons. The maximum absolute atomic E-state index is 10.8. The molecule has 0 saturated heterocycles. The molecule has 0 atom stereocenters. The van der Waals surface area contributed by atoms with E-state index >= 15 is 0 Å². The molecule has 0 aliphatic rings. The van der Waals surface area contributed by atoms with Crippen LogP contribution in [0.1, 0.15) is 11.0 Å². The van der Waals surface area contributed by atoms with Crippen molar-refractivity contribution in [2.75, 3.05) is 132 Å². The highest BCUT2D eigenvalue weighted by Gasteiger charge is 2.32. The molecule has 0 radical (unpaired) electrons. The molecule has 0 spiro atoms. The predicted octanol–water partition coefficient (Wildman–Crippen LogP) is -0.812. The van der Waals surface area contributed by atoms with E-state index in [1.165, 1.54) is 6.92 Å². The molecule has 0 saturated carbocycles. The van der Waals surface area contributed by atoms with Crippen LogP contribution in [0.4, 0.5) is 0 Å². The van der Waals surface area contributed by atoms with E-state index in [2.05, 4.69) is 14.2 Å². The quantitative estimate of drug-likeness (QED) is 0.0395. The van der Waals surface area contributed by atoms with Crippen molar-refractivity contribution in [3.8, 4) is 0 Å². The van der Waals surface area contributed by atoms with E-state index in [1.807, 2.05) is 0 Å². The molecule has 0 amide bonds. The first-order chi connectivity index (χ1) is 21.7. The van der Waals surface area contributed by atoms with Crippen LogP contribution in [-0.2, 0) is 76.0 Å². The zero-order chi connectivity index (χ0) is 33.4. The molecule has 0 bridgehead atoms. The van der Waals surface area contributed by atoms with Gasteiger partial charge in [-0.05, 0) is 0 Å². The van der Waals surface area contributed by atoms with Crippen LogP contribution in [0.2, 0.25) is 0 Å². The molecule has 16 nitrogen and oxygen atoms in total. The molecule has 0 aromatic rings. The SMILES string of the molecule is [2H]C(=O)OCCOCCOCC(COCCOCCOC([2H])=O)(COCCOCCOC([2H])=O)COCCOCCOC(C)=O. The summed E-state index contributed by atoms with van der Waals surface area (Å²) in [4.78, 5) is 42.4. The Labute approximate surface area is 250 Å². The Kier molecular flexibility index (Phi) is 25.5. The molecule has 0 aromatic carbocycles. The van der Waals surface area contributed by atoms with Gasteiger partial charge in [0.05, 0.1) is 111 Å². The van der Waals surface area contributed by atoms with Crippen molar-refractivity contribution in [3.05, 3.63) is 0 Å². The Bertz CT molecular complexity index is 651. The average Bonchev–Trinajstić information content (AvgIpc) is 2.97. The Morgan fingerprint density at radius 1 is 0.476 bits per heavy atom. The summed E-state index contributed by atoms with van der Waals surface area (Å²) >= 11 is 0. The van der Waals surface area contributed by atoms with Crippen LogP contribution in [-0.4, -0.2) is 157 Å². The summed E-state index contributed by atoms with van der Waals surface area (Å²) in [5.41, 5.74) is -0.806. The summed E-state index contributed by atoms with van der Waals surface area (Å²) < 4.78 is 83.2. The second kappa shape index (κ2) is 31.5. The molecule has 0 fully saturated rings. The van der Waals surface area contributed by atoms with Crippen LogP contribution in [0.15, 0.2) is 0 Å². The first kappa shape index (κ1) is 34.1. The molecule has 0 aromatic heterocycles. The summed E-state index contributed by atoms with van der Waals surface area (Å²) in [5, 5.41) is 0. The summed E-state index contributed by atoms with van der Waals surface area (Å²) in [6, 6.07) is 0. The predicted molar refractivity (Wildman–Crippen MR) is 142 cm³/mol. The van der Waals surface area contributed by atoms with Gasteiger partial charge in [0.15, 0.2) is 4.11 Å². The molecular weight excluding hydrogens is 568 g/mol. The van der Waals surface area contributed by atoms with Gasteiger partial charge in [-0.2, -0.15) is 0 Å². The lowest BCUT2D eigenvalue weighted by Gasteiger charge is -2.33. The van der Waals surface area contributed by atoms with Crippen LogP contribution in [0.5, 0.6) is 0 Å². The largest absolute Gasteiger partial charge is 0.465 e. The lowest BCUT2D eigenvalue weighted by atomic mass is 9.92. The summed E-state index contributed by atoms with van der Waals surface area (Å²) in [6.07, 6.45) is -3.42. The zero-order valence-electron chi connectivity index (χ0n) is 27.2. The molecule has 0 aliphatic carbocycles. The van der Waals surface area contributed by atoms with Gasteiger partial charge in [-0.3, -0.25) is 19.2 Å². The van der Waals surface area contributed by atoms with Crippen LogP contribution < -0.4 is 0 Å². The number of carbonyl (C=O) groups excluding carboxylic acids is 4. The molecular formula is C26H46O16. The minimum absolute atomic E-state index is 0.0496. The smallest absolute Gasteiger partial charge is 0.302 e. The van der Waals surface area contributed by atoms with Crippen molar-refractivity contribution in [1.82, 2.24) is 0 Å². The van der Waals surface area contributed by atoms with Crippen molar-refractivity contribution in [2.45, 2.75) is 6.92 Å². The fourth-order valence-electron chi connectivity index (χ4n) is 2.96.